The molecule has 1 aromatic rings. The minimum Gasteiger partial charge on any atom is -0.389 e. The molecule has 2 rings (SSSR count). The van der Waals surface area contributed by atoms with Crippen molar-refractivity contribution in [2.24, 2.45) is 0 Å². The predicted octanol–water partition coefficient (Wildman–Crippen LogP) is -0.277. The van der Waals surface area contributed by atoms with Crippen LogP contribution in [0, 0.1) is 0 Å². The number of fused-ring (bicyclic) bond motifs is 1. The number of hydrogen-bond donors (Lipinski definition) is 1. The number of imidazole rings is 1. The molecule has 1 N–H and O–H groups in total. The van der Waals surface area contributed by atoms with E-state index >= 15 is 0 Å². The average Bonchev–Trinajstić information content (AvgIpc) is 2.82. The van der Waals surface area contributed by atoms with Crippen molar-refractivity contribution in [2.45, 2.75) is 19.2 Å². The fraction of sp³-hybridized carbons (Fsp3) is 0.750. The molecule has 1 atom stereocenters. The molecule has 6 nitrogen and oxygen atoms in total. The van der Waals surface area contributed by atoms with Crippen LogP contribution in [0.15, 0.2) is 12.4 Å². The minimum atomic E-state index is -0.455. The van der Waals surface area contributed by atoms with Crippen molar-refractivity contribution < 1.29 is 14.6 Å². The van der Waals surface area contributed by atoms with Gasteiger partial charge in [0.25, 0.3) is 0 Å². The number of aromatic nitrogens is 2. The normalized spacial score (nSPS) is 17.7. The van der Waals surface area contributed by atoms with Crippen LogP contribution in [0.3, 0.4) is 0 Å². The summed E-state index contributed by atoms with van der Waals surface area (Å²) in [6.07, 6.45) is 3.36. The van der Waals surface area contributed by atoms with E-state index in [1.54, 1.807) is 7.11 Å². The second-order valence-corrected chi connectivity index (χ2v) is 4.49. The monoisotopic (exact) mass is 255 g/mol. The first-order valence-electron chi connectivity index (χ1n) is 6.26. The highest BCUT2D eigenvalue weighted by atomic mass is 16.5. The first-order chi connectivity index (χ1) is 8.79. The van der Waals surface area contributed by atoms with Crippen molar-refractivity contribution in [3.63, 3.8) is 0 Å². The third-order valence-electron chi connectivity index (χ3n) is 3.03. The maximum atomic E-state index is 9.86. The van der Waals surface area contributed by atoms with Crippen LogP contribution < -0.4 is 0 Å². The van der Waals surface area contributed by atoms with Gasteiger partial charge < -0.3 is 19.1 Å². The van der Waals surface area contributed by atoms with E-state index in [0.29, 0.717) is 26.4 Å². The number of nitrogens with zero attached hydrogens (tertiary/aromatic N) is 3. The quantitative estimate of drug-likeness (QED) is 0.679. The first kappa shape index (κ1) is 13.5. The highest BCUT2D eigenvalue weighted by Crippen LogP contribution is 2.10. The van der Waals surface area contributed by atoms with Crippen LogP contribution in [0.1, 0.15) is 5.82 Å². The maximum absolute atomic E-state index is 9.86. The molecule has 0 saturated carbocycles. The number of methoxy groups -OCH3 is 1. The van der Waals surface area contributed by atoms with E-state index in [0.717, 1.165) is 25.5 Å². The van der Waals surface area contributed by atoms with Crippen LogP contribution in [0.5, 0.6) is 0 Å². The first-order valence-corrected chi connectivity index (χ1v) is 6.26. The Kier molecular flexibility index (Phi) is 5.12. The fourth-order valence-electron chi connectivity index (χ4n) is 2.09. The summed E-state index contributed by atoms with van der Waals surface area (Å²) in [5.41, 5.74) is 0. The van der Waals surface area contributed by atoms with Gasteiger partial charge in [0.15, 0.2) is 0 Å². The zero-order valence-corrected chi connectivity index (χ0v) is 10.8. The van der Waals surface area contributed by atoms with Gasteiger partial charge in [0.05, 0.1) is 32.5 Å². The van der Waals surface area contributed by atoms with Gasteiger partial charge >= 0.3 is 0 Å². The van der Waals surface area contributed by atoms with Crippen molar-refractivity contribution >= 4 is 0 Å². The highest BCUT2D eigenvalue weighted by Gasteiger charge is 2.18. The van der Waals surface area contributed by atoms with Gasteiger partial charge in [-0.25, -0.2) is 4.98 Å². The van der Waals surface area contributed by atoms with Gasteiger partial charge in [-0.05, 0) is 0 Å². The van der Waals surface area contributed by atoms with Crippen LogP contribution in [-0.4, -0.2) is 65.7 Å². The van der Waals surface area contributed by atoms with Gasteiger partial charge in [-0.3, -0.25) is 4.90 Å². The van der Waals surface area contributed by atoms with Crippen LogP contribution >= 0.6 is 0 Å². The van der Waals surface area contributed by atoms with E-state index in [4.69, 9.17) is 9.47 Å². The van der Waals surface area contributed by atoms with Gasteiger partial charge in [-0.15, -0.1) is 0 Å². The summed E-state index contributed by atoms with van der Waals surface area (Å²) in [7, 11) is 1.63. The number of rotatable bonds is 7. The summed E-state index contributed by atoms with van der Waals surface area (Å²) in [4.78, 5) is 6.49. The number of ether oxygens (including phenoxy) is 2. The second kappa shape index (κ2) is 6.84. The van der Waals surface area contributed by atoms with E-state index in [1.165, 1.54) is 0 Å². The van der Waals surface area contributed by atoms with Crippen LogP contribution in [0.4, 0.5) is 0 Å². The highest BCUT2D eigenvalue weighted by molar-refractivity contribution is 4.95. The van der Waals surface area contributed by atoms with Crippen molar-refractivity contribution in [3.05, 3.63) is 18.2 Å². The van der Waals surface area contributed by atoms with Gasteiger partial charge in [-0.1, -0.05) is 0 Å². The maximum Gasteiger partial charge on any atom is 0.122 e. The Morgan fingerprint density at radius 2 is 2.33 bits per heavy atom. The molecule has 0 saturated heterocycles. The smallest absolute Gasteiger partial charge is 0.122 e. The lowest BCUT2D eigenvalue weighted by Gasteiger charge is -2.29. The molecule has 102 valence electrons. The van der Waals surface area contributed by atoms with Gasteiger partial charge in [0.2, 0.25) is 0 Å². The Morgan fingerprint density at radius 3 is 3.17 bits per heavy atom. The summed E-state index contributed by atoms with van der Waals surface area (Å²) >= 11 is 0. The Labute approximate surface area is 107 Å². The molecule has 1 aromatic heterocycles. The number of hydrogen-bond acceptors (Lipinski definition) is 5. The molecule has 0 aromatic carbocycles. The molecule has 0 spiro atoms. The number of aliphatic hydroxyl groups is 1. The van der Waals surface area contributed by atoms with Crippen molar-refractivity contribution in [2.75, 3.05) is 40.0 Å². The molecule has 0 fully saturated rings. The molecule has 0 aliphatic carbocycles. The molecule has 0 bridgehead atoms. The third-order valence-corrected chi connectivity index (χ3v) is 3.03. The fourth-order valence-corrected chi connectivity index (χ4v) is 2.09. The van der Waals surface area contributed by atoms with Crippen molar-refractivity contribution in [3.8, 4) is 0 Å². The molecule has 0 radical (unpaired) electrons. The summed E-state index contributed by atoms with van der Waals surface area (Å²) in [5, 5.41) is 9.86. The van der Waals surface area contributed by atoms with Crippen molar-refractivity contribution in [1.29, 1.82) is 0 Å². The molecular weight excluding hydrogens is 234 g/mol. The Bertz CT molecular complexity index is 356. The lowest BCUT2D eigenvalue weighted by molar-refractivity contribution is -0.00395. The Hall–Kier alpha value is -0.950. The van der Waals surface area contributed by atoms with E-state index in [-0.39, 0.29) is 0 Å². The number of aliphatic hydroxyl groups excluding tert-OH is 1. The van der Waals surface area contributed by atoms with Gasteiger partial charge in [-0.2, -0.15) is 0 Å². The molecule has 18 heavy (non-hydrogen) atoms. The molecule has 1 aliphatic rings. The van der Waals surface area contributed by atoms with Gasteiger partial charge in [0, 0.05) is 39.1 Å². The third kappa shape index (κ3) is 3.78. The average molecular weight is 255 g/mol. The van der Waals surface area contributed by atoms with E-state index in [2.05, 4.69) is 14.5 Å². The predicted molar refractivity (Wildman–Crippen MR) is 66.2 cm³/mol. The molecular formula is C12H21N3O3. The van der Waals surface area contributed by atoms with Crippen LogP contribution in [0.25, 0.3) is 0 Å². The minimum absolute atomic E-state index is 0.355. The van der Waals surface area contributed by atoms with Crippen LogP contribution in [-0.2, 0) is 22.6 Å². The second-order valence-electron chi connectivity index (χ2n) is 4.49. The molecule has 6 heteroatoms. The summed E-state index contributed by atoms with van der Waals surface area (Å²) in [6, 6.07) is 0. The van der Waals surface area contributed by atoms with E-state index in [1.807, 2.05) is 12.4 Å². The topological polar surface area (TPSA) is 59.8 Å². The van der Waals surface area contributed by atoms with Crippen molar-refractivity contribution in [1.82, 2.24) is 14.5 Å². The lowest BCUT2D eigenvalue weighted by Crippen LogP contribution is -2.40. The zero-order chi connectivity index (χ0) is 12.8. The largest absolute Gasteiger partial charge is 0.389 e. The summed E-state index contributed by atoms with van der Waals surface area (Å²) in [6.45, 7) is 4.74. The lowest BCUT2D eigenvalue weighted by atomic mass is 10.3. The van der Waals surface area contributed by atoms with E-state index in [9.17, 15) is 5.11 Å². The zero-order valence-electron chi connectivity index (χ0n) is 10.8. The van der Waals surface area contributed by atoms with Crippen LogP contribution in [0.2, 0.25) is 0 Å². The molecule has 2 heterocycles. The molecule has 0 amide bonds. The number of β-amino-alcohol motifs (C(OH)–C–C–N with tert-alkyl or cyclic N) is 1. The SMILES string of the molecule is COCCOCC(O)CN1CCn2ccnc2C1. The summed E-state index contributed by atoms with van der Waals surface area (Å²) < 4.78 is 12.3. The van der Waals surface area contributed by atoms with E-state index < -0.39 is 6.10 Å². The Morgan fingerprint density at radius 1 is 1.44 bits per heavy atom. The Balaban J connectivity index is 1.67. The van der Waals surface area contributed by atoms with Gasteiger partial charge in [0.1, 0.15) is 5.82 Å². The summed E-state index contributed by atoms with van der Waals surface area (Å²) in [5.74, 6) is 1.06. The standard InChI is InChI=1S/C12H21N3O3/c1-17-6-7-18-10-11(16)8-14-4-5-15-3-2-13-12(15)9-14/h2-3,11,16H,4-10H2,1H3. The molecule has 1 unspecified atom stereocenters. The molecule has 1 aliphatic heterocycles.